The number of aryl methyl sites for hydroxylation is 1. The summed E-state index contributed by atoms with van der Waals surface area (Å²) in [5.74, 6) is -0.708. The first kappa shape index (κ1) is 22.1. The molecule has 0 unspecified atom stereocenters. The van der Waals surface area contributed by atoms with Crippen molar-refractivity contribution in [3.05, 3.63) is 72.1 Å². The highest BCUT2D eigenvalue weighted by molar-refractivity contribution is 6.50. The predicted molar refractivity (Wildman–Crippen MR) is 134 cm³/mol. The van der Waals surface area contributed by atoms with Crippen LogP contribution in [0.5, 0.6) is 0 Å². The van der Waals surface area contributed by atoms with Gasteiger partial charge in [-0.15, -0.1) is 0 Å². The minimum Gasteiger partial charge on any atom is -0.383 e. The van der Waals surface area contributed by atoms with E-state index >= 15 is 0 Å². The first-order chi connectivity index (χ1) is 16.5. The van der Waals surface area contributed by atoms with Crippen molar-refractivity contribution in [3.8, 4) is 0 Å². The van der Waals surface area contributed by atoms with Crippen LogP contribution in [0.4, 0.5) is 0 Å². The van der Waals surface area contributed by atoms with Crippen molar-refractivity contribution in [2.45, 2.75) is 6.54 Å². The molecule has 2 aromatic carbocycles. The van der Waals surface area contributed by atoms with Gasteiger partial charge in [0.05, 0.1) is 17.8 Å². The SMILES string of the molecule is COCCN(C)CCn1cc(C2=C(c3cn(C)c4ccccc34)C(=O)NC2=O)c2ccccc21. The van der Waals surface area contributed by atoms with E-state index in [0.717, 1.165) is 52.6 Å². The molecule has 3 heterocycles. The largest absolute Gasteiger partial charge is 0.383 e. The number of benzene rings is 2. The van der Waals surface area contributed by atoms with Crippen molar-refractivity contribution in [3.63, 3.8) is 0 Å². The zero-order valence-electron chi connectivity index (χ0n) is 19.7. The quantitative estimate of drug-likeness (QED) is 0.413. The lowest BCUT2D eigenvalue weighted by Crippen LogP contribution is -2.26. The van der Waals surface area contributed by atoms with Crippen molar-refractivity contribution in [1.29, 1.82) is 0 Å². The summed E-state index contributed by atoms with van der Waals surface area (Å²) in [6.07, 6.45) is 3.94. The third-order valence-electron chi connectivity index (χ3n) is 6.56. The fourth-order valence-electron chi connectivity index (χ4n) is 4.78. The molecule has 0 aliphatic carbocycles. The van der Waals surface area contributed by atoms with Gasteiger partial charge in [-0.05, 0) is 19.2 Å². The first-order valence-electron chi connectivity index (χ1n) is 11.4. The smallest absolute Gasteiger partial charge is 0.259 e. The summed E-state index contributed by atoms with van der Waals surface area (Å²) in [5, 5.41) is 4.45. The maximum atomic E-state index is 13.1. The molecule has 0 bridgehead atoms. The molecule has 0 saturated carbocycles. The minimum atomic E-state index is -0.354. The maximum Gasteiger partial charge on any atom is 0.259 e. The fourth-order valence-corrected chi connectivity index (χ4v) is 4.78. The van der Waals surface area contributed by atoms with Gasteiger partial charge in [-0.2, -0.15) is 0 Å². The summed E-state index contributed by atoms with van der Waals surface area (Å²) in [4.78, 5) is 28.4. The summed E-state index contributed by atoms with van der Waals surface area (Å²) in [5.41, 5.74) is 4.47. The van der Waals surface area contributed by atoms with E-state index in [-0.39, 0.29) is 11.8 Å². The van der Waals surface area contributed by atoms with Crippen molar-refractivity contribution >= 4 is 44.8 Å². The standard InChI is InChI=1S/C27H28N4O3/c1-29(14-15-34-3)12-13-31-17-21(19-9-5-7-11-23(19)31)25-24(26(32)28-27(25)33)20-16-30(2)22-10-6-4-8-18(20)22/h4-11,16-17H,12-15H2,1-3H3,(H,28,32,33). The Morgan fingerprint density at radius 2 is 1.44 bits per heavy atom. The lowest BCUT2D eigenvalue weighted by atomic mass is 9.95. The number of nitrogens with zero attached hydrogens (tertiary/aromatic N) is 3. The number of nitrogens with one attached hydrogen (secondary N) is 1. The first-order valence-corrected chi connectivity index (χ1v) is 11.4. The average molecular weight is 457 g/mol. The van der Waals surface area contributed by atoms with Gasteiger partial charge < -0.3 is 18.8 Å². The van der Waals surface area contributed by atoms with E-state index in [1.54, 1.807) is 7.11 Å². The molecule has 7 heteroatoms. The minimum absolute atomic E-state index is 0.354. The highest BCUT2D eigenvalue weighted by Crippen LogP contribution is 2.38. The van der Waals surface area contributed by atoms with Gasteiger partial charge in [-0.3, -0.25) is 14.9 Å². The van der Waals surface area contributed by atoms with Crippen LogP contribution >= 0.6 is 0 Å². The van der Waals surface area contributed by atoms with Gasteiger partial charge in [0.2, 0.25) is 0 Å². The molecule has 0 fully saturated rings. The summed E-state index contributed by atoms with van der Waals surface area (Å²) in [7, 11) is 5.72. The van der Waals surface area contributed by atoms with Gasteiger partial charge in [0.1, 0.15) is 0 Å². The Kier molecular flexibility index (Phi) is 5.81. The van der Waals surface area contributed by atoms with E-state index in [2.05, 4.69) is 27.9 Å². The number of imide groups is 1. The Bertz CT molecular complexity index is 1440. The van der Waals surface area contributed by atoms with Gasteiger partial charge in [0.15, 0.2) is 0 Å². The Morgan fingerprint density at radius 3 is 2.12 bits per heavy atom. The number of likely N-dealkylation sites (N-methyl/N-ethyl adjacent to an activating group) is 1. The molecule has 7 nitrogen and oxygen atoms in total. The number of hydrogen-bond donors (Lipinski definition) is 1. The molecule has 174 valence electrons. The van der Waals surface area contributed by atoms with E-state index in [9.17, 15) is 9.59 Å². The van der Waals surface area contributed by atoms with Crippen LogP contribution in [0.3, 0.4) is 0 Å². The second-order valence-electron chi connectivity index (χ2n) is 8.75. The zero-order chi connectivity index (χ0) is 23.8. The molecule has 0 radical (unpaired) electrons. The Labute approximate surface area is 198 Å². The van der Waals surface area contributed by atoms with Gasteiger partial charge in [0, 0.05) is 79.1 Å². The second-order valence-corrected chi connectivity index (χ2v) is 8.75. The number of rotatable bonds is 8. The number of ether oxygens (including phenoxy) is 1. The van der Waals surface area contributed by atoms with Crippen molar-refractivity contribution in [2.24, 2.45) is 7.05 Å². The monoisotopic (exact) mass is 456 g/mol. The Hall–Kier alpha value is -3.68. The van der Waals surface area contributed by atoms with Crippen molar-refractivity contribution in [1.82, 2.24) is 19.4 Å². The maximum absolute atomic E-state index is 13.1. The van der Waals surface area contributed by atoms with Crippen LogP contribution in [-0.2, 0) is 27.9 Å². The number of carbonyl (C=O) groups excluding carboxylic acids is 2. The van der Waals surface area contributed by atoms with E-state index in [0.29, 0.717) is 17.8 Å². The number of aromatic nitrogens is 2. The summed E-state index contributed by atoms with van der Waals surface area (Å²) < 4.78 is 9.34. The van der Waals surface area contributed by atoms with E-state index in [4.69, 9.17) is 4.74 Å². The number of hydrogen-bond acceptors (Lipinski definition) is 4. The van der Waals surface area contributed by atoms with Crippen LogP contribution in [0.2, 0.25) is 0 Å². The van der Waals surface area contributed by atoms with Gasteiger partial charge in [-0.1, -0.05) is 36.4 Å². The number of fused-ring (bicyclic) bond motifs is 2. The predicted octanol–water partition coefficient (Wildman–Crippen LogP) is 3.28. The zero-order valence-corrected chi connectivity index (χ0v) is 19.7. The molecule has 0 spiro atoms. The topological polar surface area (TPSA) is 68.5 Å². The number of carbonyl (C=O) groups is 2. The van der Waals surface area contributed by atoms with Crippen LogP contribution in [-0.4, -0.2) is 59.7 Å². The van der Waals surface area contributed by atoms with Gasteiger partial charge >= 0.3 is 0 Å². The summed E-state index contributed by atoms with van der Waals surface area (Å²) in [6, 6.07) is 16.0. The van der Waals surface area contributed by atoms with Crippen LogP contribution in [0.15, 0.2) is 60.9 Å². The molecule has 4 aromatic rings. The van der Waals surface area contributed by atoms with Crippen LogP contribution < -0.4 is 5.32 Å². The van der Waals surface area contributed by atoms with Crippen LogP contribution in [0.25, 0.3) is 33.0 Å². The number of methoxy groups -OCH3 is 1. The van der Waals surface area contributed by atoms with Gasteiger partial charge in [0.25, 0.3) is 11.8 Å². The van der Waals surface area contributed by atoms with Crippen molar-refractivity contribution < 1.29 is 14.3 Å². The third kappa shape index (κ3) is 3.73. The molecule has 2 amide bonds. The molecule has 34 heavy (non-hydrogen) atoms. The van der Waals surface area contributed by atoms with E-state index < -0.39 is 0 Å². The molecule has 1 N–H and O–H groups in total. The van der Waals surface area contributed by atoms with E-state index in [1.165, 1.54) is 0 Å². The summed E-state index contributed by atoms with van der Waals surface area (Å²) >= 11 is 0. The molecule has 2 aromatic heterocycles. The number of para-hydroxylation sites is 2. The lowest BCUT2D eigenvalue weighted by Gasteiger charge is -2.16. The fraction of sp³-hybridized carbons (Fsp3) is 0.259. The molecule has 1 aliphatic rings. The third-order valence-corrected chi connectivity index (χ3v) is 6.56. The second kappa shape index (κ2) is 8.93. The summed E-state index contributed by atoms with van der Waals surface area (Å²) in [6.45, 7) is 3.11. The highest BCUT2D eigenvalue weighted by atomic mass is 16.5. The molecule has 5 rings (SSSR count). The molecular formula is C27H28N4O3. The lowest BCUT2D eigenvalue weighted by molar-refractivity contribution is -0.122. The highest BCUT2D eigenvalue weighted by Gasteiger charge is 2.35. The van der Waals surface area contributed by atoms with E-state index in [1.807, 2.05) is 66.5 Å². The Morgan fingerprint density at radius 1 is 0.853 bits per heavy atom. The molecular weight excluding hydrogens is 428 g/mol. The van der Waals surface area contributed by atoms with Crippen LogP contribution in [0, 0.1) is 0 Å². The normalized spacial score (nSPS) is 14.2. The number of amides is 2. The molecule has 0 saturated heterocycles. The Balaban J connectivity index is 1.65. The van der Waals surface area contributed by atoms with Crippen LogP contribution in [0.1, 0.15) is 11.1 Å². The molecule has 1 aliphatic heterocycles. The average Bonchev–Trinajstić information content (AvgIpc) is 3.47. The molecule has 0 atom stereocenters. The van der Waals surface area contributed by atoms with Crippen molar-refractivity contribution in [2.75, 3.05) is 33.9 Å². The van der Waals surface area contributed by atoms with Gasteiger partial charge in [-0.25, -0.2) is 0 Å².